The van der Waals surface area contributed by atoms with Crippen molar-refractivity contribution < 1.29 is 58.2 Å². The predicted octanol–water partition coefficient (Wildman–Crippen LogP) is -2.43. The van der Waals surface area contributed by atoms with Gasteiger partial charge in [-0.25, -0.2) is 0 Å². The Morgan fingerprint density at radius 2 is 1.50 bits per heavy atom. The molecule has 1 aromatic carbocycles. The van der Waals surface area contributed by atoms with E-state index < -0.39 is 120 Å². The third kappa shape index (κ3) is 17.6. The maximum absolute atomic E-state index is 14.3. The van der Waals surface area contributed by atoms with Gasteiger partial charge in [-0.2, -0.15) is 0 Å². The monoisotopic (exact) mass is 964 g/mol. The minimum absolute atomic E-state index is 0.0168. The molecule has 2 saturated heterocycles. The van der Waals surface area contributed by atoms with E-state index in [0.717, 1.165) is 10.8 Å². The van der Waals surface area contributed by atoms with Crippen molar-refractivity contribution >= 4 is 80.7 Å². The molecule has 2 aliphatic rings. The Hall–Kier alpha value is -5.62. The lowest BCUT2D eigenvalue weighted by Gasteiger charge is -2.31. The Bertz CT molecular complexity index is 1910. The lowest BCUT2D eigenvalue weighted by atomic mass is 9.96. The number of phenolic OH excluding ortho intramolecular Hbond substituents is 1. The number of aliphatic hydroxyl groups excluding tert-OH is 1. The Morgan fingerprint density at radius 3 is 2.12 bits per heavy atom. The average molecular weight is 965 g/mol. The number of primary amides is 2. The number of nitrogens with two attached hydrogens (primary N) is 2. The first-order valence-corrected chi connectivity index (χ1v) is 24.3. The van der Waals surface area contributed by atoms with Gasteiger partial charge in [0.1, 0.15) is 48.0 Å². The molecule has 1 aromatic rings. The first kappa shape index (κ1) is 54.7. The molecule has 366 valence electrons. The highest BCUT2D eigenvalue weighted by Gasteiger charge is 2.40. The van der Waals surface area contributed by atoms with Crippen molar-refractivity contribution in [3.05, 3.63) is 29.8 Å². The molecule has 0 unspecified atom stereocenters. The van der Waals surface area contributed by atoms with Crippen molar-refractivity contribution in [3.8, 4) is 5.75 Å². The molecule has 8 atom stereocenters. The Morgan fingerprint density at radius 1 is 0.848 bits per heavy atom. The van der Waals surface area contributed by atoms with E-state index in [-0.39, 0.29) is 68.2 Å². The topological polar surface area (TPSA) is 351 Å². The Balaban J connectivity index is 1.97. The van der Waals surface area contributed by atoms with Gasteiger partial charge in [0, 0.05) is 37.3 Å². The van der Waals surface area contributed by atoms with E-state index in [1.165, 1.54) is 27.8 Å². The van der Waals surface area contributed by atoms with Crippen LogP contribution in [0, 0.1) is 11.8 Å². The average Bonchev–Trinajstić information content (AvgIpc) is 3.76. The zero-order valence-electron chi connectivity index (χ0n) is 37.6. The Labute approximate surface area is 391 Å². The van der Waals surface area contributed by atoms with Gasteiger partial charge in [-0.3, -0.25) is 47.9 Å². The van der Waals surface area contributed by atoms with Crippen molar-refractivity contribution in [1.82, 2.24) is 42.1 Å². The van der Waals surface area contributed by atoms with Crippen molar-refractivity contribution in [2.24, 2.45) is 23.3 Å². The normalized spacial score (nSPS) is 23.8. The van der Waals surface area contributed by atoms with E-state index in [9.17, 15) is 58.2 Å². The van der Waals surface area contributed by atoms with Crippen molar-refractivity contribution in [2.45, 2.75) is 121 Å². The van der Waals surface area contributed by atoms with E-state index in [2.05, 4.69) is 37.2 Å². The van der Waals surface area contributed by atoms with E-state index >= 15 is 0 Å². The van der Waals surface area contributed by atoms with Crippen LogP contribution in [-0.4, -0.2) is 148 Å². The second-order valence-corrected chi connectivity index (χ2v) is 19.3. The van der Waals surface area contributed by atoms with Crippen molar-refractivity contribution in [1.29, 1.82) is 0 Å². The quantitative estimate of drug-likeness (QED) is 0.0769. The summed E-state index contributed by atoms with van der Waals surface area (Å²) in [4.78, 5) is 134. The van der Waals surface area contributed by atoms with Crippen LogP contribution in [0.15, 0.2) is 24.3 Å². The second kappa shape index (κ2) is 27.1. The molecule has 66 heavy (non-hydrogen) atoms. The number of likely N-dealkylation sites (tertiary alicyclic amines) is 1. The smallest absolute Gasteiger partial charge is 0.246 e. The summed E-state index contributed by atoms with van der Waals surface area (Å²) in [5.41, 5.74) is 11.1. The molecule has 22 nitrogen and oxygen atoms in total. The second-order valence-electron chi connectivity index (χ2n) is 16.7. The number of hydrogen-bond acceptors (Lipinski definition) is 14. The summed E-state index contributed by atoms with van der Waals surface area (Å²) >= 11 is 0. The highest BCUT2D eigenvalue weighted by Crippen LogP contribution is 2.26. The number of hydrogen-bond donors (Lipinski definition) is 11. The minimum Gasteiger partial charge on any atom is -0.508 e. The van der Waals surface area contributed by atoms with Gasteiger partial charge in [0.15, 0.2) is 0 Å². The number of benzene rings is 1. The van der Waals surface area contributed by atoms with Crippen LogP contribution >= 0.6 is 21.6 Å². The van der Waals surface area contributed by atoms with Crippen LogP contribution in [0.5, 0.6) is 5.75 Å². The fraction of sp³-hybridized carbons (Fsp3) is 0.619. The molecule has 0 aromatic heterocycles. The fourth-order valence-electron chi connectivity index (χ4n) is 7.11. The van der Waals surface area contributed by atoms with Gasteiger partial charge in [-0.1, -0.05) is 67.8 Å². The molecular formula is C42H64N10O12S2. The molecule has 13 N–H and O–H groups in total. The highest BCUT2D eigenvalue weighted by atomic mass is 33.1. The lowest BCUT2D eigenvalue weighted by molar-refractivity contribution is -0.142. The number of phenols is 1. The van der Waals surface area contributed by atoms with Crippen molar-refractivity contribution in [3.63, 3.8) is 0 Å². The molecule has 3 rings (SSSR count). The maximum atomic E-state index is 14.3. The van der Waals surface area contributed by atoms with E-state index in [1.807, 2.05) is 13.8 Å². The van der Waals surface area contributed by atoms with Crippen LogP contribution in [0.25, 0.3) is 0 Å². The molecule has 0 aliphatic carbocycles. The zero-order valence-corrected chi connectivity index (χ0v) is 39.2. The summed E-state index contributed by atoms with van der Waals surface area (Å²) in [6.45, 7) is 5.79. The molecule has 0 spiro atoms. The standard InChI is InChI=1S/C42H64N10O12S2/c1-5-23(4)35-41(63)47-26(12-13-32(43)55)37(59)49-29(20-53)39(61)50-30(21-66-65-16-14-34(57)46-28(38(60)51-35)18-24-8-10-25(54)11-9-24)42(64)52-15-6-7-31(52)40(62)48-27(17-22(2)3)36(58)45-19-33(44)56/h8-11,22-23,26-31,35,53-54H,5-7,12-21H2,1-4H3,(H2,43,55)(H2,44,56)(H,45,58)(H,46,57)(H,47,63)(H,48,62)(H,49,59)(H,50,61)(H,51,60)/t23-,26-,27-,28-,29-,30-,31-,35-/m0/s1. The summed E-state index contributed by atoms with van der Waals surface area (Å²) in [7, 11) is 2.28. The first-order valence-electron chi connectivity index (χ1n) is 21.8. The number of carbonyl (C=O) groups excluding carboxylic acids is 10. The van der Waals surface area contributed by atoms with Gasteiger partial charge in [-0.05, 0) is 55.2 Å². The summed E-state index contributed by atoms with van der Waals surface area (Å²) in [5, 5.41) is 38.2. The van der Waals surface area contributed by atoms with Crippen molar-refractivity contribution in [2.75, 3.05) is 31.2 Å². The number of aromatic hydroxyl groups is 1. The van der Waals surface area contributed by atoms with E-state index in [0.29, 0.717) is 18.4 Å². The number of amides is 10. The summed E-state index contributed by atoms with van der Waals surface area (Å²) in [5.74, 6) is -8.22. The maximum Gasteiger partial charge on any atom is 0.246 e. The molecule has 2 aliphatic heterocycles. The third-order valence-corrected chi connectivity index (χ3v) is 13.3. The molecule has 10 amide bonds. The number of aliphatic hydroxyl groups is 1. The summed E-state index contributed by atoms with van der Waals surface area (Å²) in [6.07, 6.45) is 0.327. The van der Waals surface area contributed by atoms with Crippen LogP contribution < -0.4 is 48.7 Å². The molecule has 0 radical (unpaired) electrons. The molecular weight excluding hydrogens is 901 g/mol. The number of rotatable bonds is 16. The summed E-state index contributed by atoms with van der Waals surface area (Å²) < 4.78 is 0. The highest BCUT2D eigenvalue weighted by molar-refractivity contribution is 8.76. The first-order chi connectivity index (χ1) is 31.2. The fourth-order valence-corrected chi connectivity index (χ4v) is 9.26. The number of nitrogens with zero attached hydrogens (tertiary/aromatic N) is 1. The van der Waals surface area contributed by atoms with Crippen LogP contribution in [0.4, 0.5) is 0 Å². The van der Waals surface area contributed by atoms with Gasteiger partial charge >= 0.3 is 0 Å². The van der Waals surface area contributed by atoms with Crippen LogP contribution in [-0.2, 0) is 54.4 Å². The Kier molecular flexibility index (Phi) is 22.5. The van der Waals surface area contributed by atoms with Crippen LogP contribution in [0.1, 0.15) is 78.2 Å². The van der Waals surface area contributed by atoms with Gasteiger partial charge in [0.05, 0.1) is 13.2 Å². The van der Waals surface area contributed by atoms with Crippen LogP contribution in [0.2, 0.25) is 0 Å². The molecule has 0 saturated carbocycles. The molecule has 2 fully saturated rings. The SMILES string of the molecule is CC[C@H](C)[C@@H]1NC(=O)[C@H](Cc2ccc(O)cc2)NC(=O)CCSSC[C@@H](C(=O)N2CCC[C@H]2C(=O)N[C@@H](CC(C)C)C(=O)NCC(N)=O)NC(=O)[C@H](CO)NC(=O)[C@H](CCC(N)=O)NC1=O. The van der Waals surface area contributed by atoms with Gasteiger partial charge in [0.2, 0.25) is 59.1 Å². The molecule has 2 heterocycles. The van der Waals surface area contributed by atoms with Gasteiger partial charge in [0.25, 0.3) is 0 Å². The van der Waals surface area contributed by atoms with Gasteiger partial charge in [-0.15, -0.1) is 0 Å². The van der Waals surface area contributed by atoms with Gasteiger partial charge < -0.3 is 63.8 Å². The van der Waals surface area contributed by atoms with E-state index in [4.69, 9.17) is 11.5 Å². The third-order valence-electron chi connectivity index (χ3n) is 10.9. The minimum atomic E-state index is -1.69. The molecule has 0 bridgehead atoms. The van der Waals surface area contributed by atoms with E-state index in [1.54, 1.807) is 26.0 Å². The van der Waals surface area contributed by atoms with Crippen LogP contribution in [0.3, 0.4) is 0 Å². The molecule has 24 heteroatoms. The largest absolute Gasteiger partial charge is 0.508 e. The summed E-state index contributed by atoms with van der Waals surface area (Å²) in [6, 6.07) is -3.17. The number of nitrogens with one attached hydrogen (secondary N) is 7. The number of carbonyl (C=O) groups is 10. The lowest BCUT2D eigenvalue weighted by Crippen LogP contribution is -2.61. The zero-order chi connectivity index (χ0) is 49.1. The predicted molar refractivity (Wildman–Crippen MR) is 244 cm³/mol.